The summed E-state index contributed by atoms with van der Waals surface area (Å²) in [5.74, 6) is 0.756. The van der Waals surface area contributed by atoms with Gasteiger partial charge in [0.2, 0.25) is 0 Å². The molecule has 1 atom stereocenters. The molecule has 1 aliphatic heterocycles. The first-order chi connectivity index (χ1) is 12.1. The molecule has 0 bridgehead atoms. The van der Waals surface area contributed by atoms with E-state index in [-0.39, 0.29) is 5.91 Å². The number of hydrogen-bond donors (Lipinski definition) is 0. The van der Waals surface area contributed by atoms with Crippen molar-refractivity contribution < 1.29 is 9.53 Å². The number of likely N-dealkylation sites (N-methyl/N-ethyl adjacent to an activating group) is 1. The van der Waals surface area contributed by atoms with Crippen LogP contribution >= 0.6 is 0 Å². The van der Waals surface area contributed by atoms with E-state index >= 15 is 0 Å². The van der Waals surface area contributed by atoms with Crippen LogP contribution in [0, 0.1) is 5.92 Å². The van der Waals surface area contributed by atoms with Gasteiger partial charge >= 0.3 is 0 Å². The minimum absolute atomic E-state index is 0.191. The summed E-state index contributed by atoms with van der Waals surface area (Å²) < 4.78 is 5.72. The molecule has 2 fully saturated rings. The number of likely N-dealkylation sites (tertiary alicyclic amines) is 1. The number of benzene rings is 1. The van der Waals surface area contributed by atoms with Crippen LogP contribution in [0.4, 0.5) is 0 Å². The molecule has 2 aliphatic rings. The van der Waals surface area contributed by atoms with Crippen molar-refractivity contribution in [2.45, 2.75) is 50.7 Å². The smallest absolute Gasteiger partial charge is 0.254 e. The molecule has 1 amide bonds. The molecular weight excluding hydrogens is 312 g/mol. The summed E-state index contributed by atoms with van der Waals surface area (Å²) in [6.45, 7) is 4.05. The highest BCUT2D eigenvalue weighted by Gasteiger charge is 2.42. The monoisotopic (exact) mass is 344 g/mol. The van der Waals surface area contributed by atoms with Crippen LogP contribution in [0.1, 0.15) is 44.1 Å². The van der Waals surface area contributed by atoms with Crippen LogP contribution in [0.2, 0.25) is 0 Å². The Morgan fingerprint density at radius 1 is 1.24 bits per heavy atom. The largest absolute Gasteiger partial charge is 0.368 e. The van der Waals surface area contributed by atoms with Crippen molar-refractivity contribution in [1.82, 2.24) is 9.80 Å². The van der Waals surface area contributed by atoms with E-state index in [2.05, 4.69) is 35.2 Å². The van der Waals surface area contributed by atoms with Crippen molar-refractivity contribution in [2.24, 2.45) is 5.92 Å². The predicted octanol–water partition coefficient (Wildman–Crippen LogP) is 3.32. The van der Waals surface area contributed by atoms with Gasteiger partial charge in [-0.2, -0.15) is 0 Å². The van der Waals surface area contributed by atoms with E-state index in [1.54, 1.807) is 7.11 Å². The predicted molar refractivity (Wildman–Crippen MR) is 100 cm³/mol. The molecular formula is C21H32N2O2. The van der Waals surface area contributed by atoms with Crippen molar-refractivity contribution in [3.05, 3.63) is 35.9 Å². The van der Waals surface area contributed by atoms with E-state index in [1.165, 1.54) is 18.4 Å². The fourth-order valence-electron chi connectivity index (χ4n) is 4.49. The number of ether oxygens (including phenoxy) is 1. The quantitative estimate of drug-likeness (QED) is 0.794. The third-order valence-electron chi connectivity index (χ3n) is 5.94. The van der Waals surface area contributed by atoms with Gasteiger partial charge in [0.05, 0.1) is 0 Å². The normalized spacial score (nSPS) is 23.5. The van der Waals surface area contributed by atoms with Crippen LogP contribution in [0.25, 0.3) is 0 Å². The van der Waals surface area contributed by atoms with Crippen molar-refractivity contribution in [2.75, 3.05) is 33.8 Å². The molecule has 1 heterocycles. The lowest BCUT2D eigenvalue weighted by molar-refractivity contribution is -0.158. The number of carbonyl (C=O) groups excluding carboxylic acids is 1. The summed E-state index contributed by atoms with van der Waals surface area (Å²) in [6.07, 6.45) is 6.34. The topological polar surface area (TPSA) is 32.8 Å². The Bertz CT molecular complexity index is 554. The zero-order valence-corrected chi connectivity index (χ0v) is 15.7. The molecule has 0 aromatic heterocycles. The summed E-state index contributed by atoms with van der Waals surface area (Å²) in [5, 5.41) is 0. The van der Waals surface area contributed by atoms with Crippen LogP contribution in [0.3, 0.4) is 0 Å². The maximum atomic E-state index is 13.0. The number of methoxy groups -OCH3 is 1. The van der Waals surface area contributed by atoms with Crippen molar-refractivity contribution in [3.63, 3.8) is 0 Å². The Labute approximate surface area is 152 Å². The second kappa shape index (κ2) is 8.33. The van der Waals surface area contributed by atoms with E-state index in [9.17, 15) is 4.79 Å². The van der Waals surface area contributed by atoms with Crippen molar-refractivity contribution in [3.8, 4) is 0 Å². The first-order valence-electron chi connectivity index (χ1n) is 9.70. The lowest BCUT2D eigenvalue weighted by Gasteiger charge is -2.38. The van der Waals surface area contributed by atoms with Gasteiger partial charge in [0, 0.05) is 33.8 Å². The average Bonchev–Trinajstić information content (AvgIpc) is 3.09. The highest BCUT2D eigenvalue weighted by molar-refractivity contribution is 5.85. The Hall–Kier alpha value is -1.39. The van der Waals surface area contributed by atoms with Gasteiger partial charge in [-0.1, -0.05) is 49.6 Å². The first-order valence-corrected chi connectivity index (χ1v) is 9.70. The summed E-state index contributed by atoms with van der Waals surface area (Å²) in [4.78, 5) is 17.4. The number of carbonyl (C=O) groups is 1. The van der Waals surface area contributed by atoms with Gasteiger partial charge in [0.25, 0.3) is 5.91 Å². The van der Waals surface area contributed by atoms with E-state index in [4.69, 9.17) is 4.74 Å². The van der Waals surface area contributed by atoms with E-state index in [0.29, 0.717) is 5.92 Å². The Morgan fingerprint density at radius 2 is 1.96 bits per heavy atom. The van der Waals surface area contributed by atoms with Crippen LogP contribution < -0.4 is 0 Å². The van der Waals surface area contributed by atoms with Crippen LogP contribution in [0.5, 0.6) is 0 Å². The summed E-state index contributed by atoms with van der Waals surface area (Å²) >= 11 is 0. The molecule has 1 saturated heterocycles. The zero-order valence-electron chi connectivity index (χ0n) is 15.7. The highest BCUT2D eigenvalue weighted by atomic mass is 16.5. The summed E-state index contributed by atoms with van der Waals surface area (Å²) in [7, 11) is 3.66. The maximum Gasteiger partial charge on any atom is 0.254 e. The molecule has 3 rings (SSSR count). The third kappa shape index (κ3) is 4.42. The number of amides is 1. The molecule has 25 heavy (non-hydrogen) atoms. The minimum atomic E-state index is -0.560. The molecule has 1 aliphatic carbocycles. The van der Waals surface area contributed by atoms with E-state index in [1.807, 2.05) is 11.9 Å². The van der Waals surface area contributed by atoms with Gasteiger partial charge in [-0.3, -0.25) is 9.69 Å². The second-order valence-corrected chi connectivity index (χ2v) is 7.82. The second-order valence-electron chi connectivity index (χ2n) is 7.82. The van der Waals surface area contributed by atoms with Gasteiger partial charge in [-0.15, -0.1) is 0 Å². The fraction of sp³-hybridized carbons (Fsp3) is 0.667. The molecule has 1 aromatic rings. The van der Waals surface area contributed by atoms with Gasteiger partial charge < -0.3 is 9.64 Å². The van der Waals surface area contributed by atoms with Gasteiger partial charge in [0.15, 0.2) is 0 Å². The lowest BCUT2D eigenvalue weighted by atomic mass is 9.83. The minimum Gasteiger partial charge on any atom is -0.368 e. The molecule has 138 valence electrons. The Morgan fingerprint density at radius 3 is 2.64 bits per heavy atom. The highest BCUT2D eigenvalue weighted by Crippen LogP contribution is 2.33. The first kappa shape index (κ1) is 18.4. The van der Waals surface area contributed by atoms with Crippen molar-refractivity contribution in [1.29, 1.82) is 0 Å². The molecule has 0 spiro atoms. The lowest BCUT2D eigenvalue weighted by Crippen LogP contribution is -2.51. The van der Waals surface area contributed by atoms with E-state index < -0.39 is 5.60 Å². The molecule has 1 saturated carbocycles. The Balaban J connectivity index is 1.51. The molecule has 1 unspecified atom stereocenters. The van der Waals surface area contributed by atoms with Crippen LogP contribution in [-0.2, 0) is 16.1 Å². The number of hydrogen-bond acceptors (Lipinski definition) is 3. The van der Waals surface area contributed by atoms with Crippen LogP contribution in [-0.4, -0.2) is 55.1 Å². The summed E-state index contributed by atoms with van der Waals surface area (Å²) in [6, 6.07) is 10.6. The number of nitrogens with zero attached hydrogens (tertiary/aromatic N) is 2. The van der Waals surface area contributed by atoms with Crippen LogP contribution in [0.15, 0.2) is 30.3 Å². The molecule has 1 aromatic carbocycles. The van der Waals surface area contributed by atoms with Crippen molar-refractivity contribution >= 4 is 5.91 Å². The molecule has 4 nitrogen and oxygen atoms in total. The average molecular weight is 344 g/mol. The molecule has 4 heteroatoms. The zero-order chi connectivity index (χ0) is 17.7. The fourth-order valence-corrected chi connectivity index (χ4v) is 4.49. The molecule has 0 radical (unpaired) electrons. The third-order valence-corrected chi connectivity index (χ3v) is 5.94. The van der Waals surface area contributed by atoms with Gasteiger partial charge in [-0.05, 0) is 37.3 Å². The Kier molecular flexibility index (Phi) is 6.13. The van der Waals surface area contributed by atoms with Gasteiger partial charge in [0.1, 0.15) is 5.60 Å². The molecule has 0 N–H and O–H groups in total. The SMILES string of the molecule is COC1(C(=O)N(C)CC2CCN(Cc3ccccc3)C2)CCCCC1. The summed E-state index contributed by atoms with van der Waals surface area (Å²) in [5.41, 5.74) is 0.808. The standard InChI is InChI=1S/C21H32N2O2/c1-22(20(24)21(25-2)12-7-4-8-13-21)15-19-11-14-23(17-19)16-18-9-5-3-6-10-18/h3,5-6,9-10,19H,4,7-8,11-17H2,1-2H3. The van der Waals surface area contributed by atoms with E-state index in [0.717, 1.165) is 51.9 Å². The maximum absolute atomic E-state index is 13.0. The van der Waals surface area contributed by atoms with Gasteiger partial charge in [-0.25, -0.2) is 0 Å². The number of rotatable bonds is 6.